The zero-order valence-corrected chi connectivity index (χ0v) is 45.9. The minimum atomic E-state index is -4.62. The number of likely N-dealkylation sites (N-methyl/N-ethyl adjacent to an activating group) is 1. The van der Waals surface area contributed by atoms with Gasteiger partial charge in [-0.3, -0.25) is 9.36 Å². The third-order valence-corrected chi connectivity index (χ3v) is 12.7. The van der Waals surface area contributed by atoms with Crippen LogP contribution in [0, 0.1) is 0 Å². The van der Waals surface area contributed by atoms with Gasteiger partial charge < -0.3 is 28.8 Å². The zero-order valence-electron chi connectivity index (χ0n) is 45.0. The molecule has 0 rings (SSSR count). The van der Waals surface area contributed by atoms with Crippen molar-refractivity contribution in [2.75, 3.05) is 40.9 Å². The molecule has 0 aliphatic heterocycles. The van der Waals surface area contributed by atoms with Gasteiger partial charge in [0, 0.05) is 6.42 Å². The first-order valence-electron chi connectivity index (χ1n) is 27.7. The van der Waals surface area contributed by atoms with Crippen molar-refractivity contribution in [1.29, 1.82) is 0 Å². The predicted octanol–water partition coefficient (Wildman–Crippen LogP) is 16.2. The number of phosphoric acid groups is 1. The number of allylic oxidation sites excluding steroid dienone is 17. The summed E-state index contributed by atoms with van der Waals surface area (Å²) in [5.74, 6) is -0.230. The molecule has 0 aromatic carbocycles. The van der Waals surface area contributed by atoms with Crippen LogP contribution >= 0.6 is 7.82 Å². The number of aliphatic hydroxyl groups excluding tert-OH is 1. The van der Waals surface area contributed by atoms with E-state index in [9.17, 15) is 19.4 Å². The van der Waals surface area contributed by atoms with Crippen LogP contribution in [0.3, 0.4) is 0 Å². The van der Waals surface area contributed by atoms with Gasteiger partial charge in [0.1, 0.15) is 13.2 Å². The van der Waals surface area contributed by atoms with Crippen LogP contribution in [0.2, 0.25) is 0 Å². The molecular weight excluding hydrogens is 876 g/mol. The molecule has 69 heavy (non-hydrogen) atoms. The predicted molar refractivity (Wildman–Crippen MR) is 297 cm³/mol. The number of phosphoric ester groups is 1. The standard InChI is InChI=1S/C60H105N2O6P/c1-6-8-10-12-14-16-18-20-22-24-26-28-30-31-32-34-36-38-40-42-44-46-48-50-52-54-60(64)61-58(57-68-69(65,66)67-56-55-62(3,4)5)59(63)53-51-49-47-45-43-41-39-37-35-33-29-27-25-23-21-19-17-15-13-11-9-7-2/h8,10,14,16,20,22,26,28,31-32,35-38,43,45,51,53,58-59,63H,6-7,9,11-13,15,17-19,21,23-25,27,29-30,33-34,39-42,44,46-50,52,54-57H2,1-5H3,(H-,61,64,65,66)/b10-8-,16-14-,22-20-,28-26-,32-31-,37-35+,38-36-,45-43+,53-51+. The number of unbranched alkanes of at least 4 members (excludes halogenated alkanes) is 20. The van der Waals surface area contributed by atoms with E-state index in [1.54, 1.807) is 6.08 Å². The van der Waals surface area contributed by atoms with Crippen molar-refractivity contribution in [3.05, 3.63) is 109 Å². The van der Waals surface area contributed by atoms with Crippen LogP contribution in [0.25, 0.3) is 0 Å². The number of aliphatic hydroxyl groups is 1. The number of hydrogen-bond acceptors (Lipinski definition) is 6. The summed E-state index contributed by atoms with van der Waals surface area (Å²) in [6.45, 7) is 4.49. The number of quaternary nitrogens is 1. The summed E-state index contributed by atoms with van der Waals surface area (Å²) >= 11 is 0. The maximum Gasteiger partial charge on any atom is 0.268 e. The van der Waals surface area contributed by atoms with Crippen molar-refractivity contribution in [2.45, 2.75) is 225 Å². The average molecular weight is 981 g/mol. The lowest BCUT2D eigenvalue weighted by Crippen LogP contribution is -2.45. The molecule has 0 aromatic heterocycles. The quantitative estimate of drug-likeness (QED) is 0.0272. The largest absolute Gasteiger partial charge is 0.756 e. The lowest BCUT2D eigenvalue weighted by molar-refractivity contribution is -0.870. The number of hydrogen-bond donors (Lipinski definition) is 2. The number of amides is 1. The van der Waals surface area contributed by atoms with Gasteiger partial charge in [-0.05, 0) is 96.3 Å². The van der Waals surface area contributed by atoms with Crippen molar-refractivity contribution < 1.29 is 32.9 Å². The second-order valence-electron chi connectivity index (χ2n) is 19.5. The van der Waals surface area contributed by atoms with Gasteiger partial charge in [-0.25, -0.2) is 0 Å². The molecule has 9 heteroatoms. The Kier molecular flexibility index (Phi) is 48.1. The van der Waals surface area contributed by atoms with Crippen LogP contribution in [-0.4, -0.2) is 68.5 Å². The van der Waals surface area contributed by atoms with E-state index in [0.717, 1.165) is 109 Å². The third-order valence-electron chi connectivity index (χ3n) is 11.7. The molecule has 0 fully saturated rings. The fourth-order valence-corrected chi connectivity index (χ4v) is 8.09. The maximum atomic E-state index is 12.9. The minimum Gasteiger partial charge on any atom is -0.756 e. The lowest BCUT2D eigenvalue weighted by Gasteiger charge is -2.29. The SMILES string of the molecule is CC/C=C\C/C=C\C/C=C\C/C=C\C/C=C\C/C=C\CCCCCCCCC(=O)NC(COP(=O)([O-])OCC[N+](C)(C)C)C(O)/C=C/CC/C=C/CC/C=C/CCCCCCCCCCCCCC. The van der Waals surface area contributed by atoms with Crippen LogP contribution in [-0.2, 0) is 18.4 Å². The van der Waals surface area contributed by atoms with E-state index in [4.69, 9.17) is 9.05 Å². The molecule has 0 bridgehead atoms. The Morgan fingerprint density at radius 1 is 0.522 bits per heavy atom. The van der Waals surface area contributed by atoms with Gasteiger partial charge >= 0.3 is 0 Å². The molecular formula is C60H105N2O6P. The van der Waals surface area contributed by atoms with Gasteiger partial charge in [-0.1, -0.05) is 220 Å². The van der Waals surface area contributed by atoms with Crippen molar-refractivity contribution in [3.63, 3.8) is 0 Å². The van der Waals surface area contributed by atoms with Crippen LogP contribution in [0.15, 0.2) is 109 Å². The lowest BCUT2D eigenvalue weighted by atomic mass is 10.0. The Labute approximate surface area is 425 Å². The molecule has 3 atom stereocenters. The summed E-state index contributed by atoms with van der Waals surface area (Å²) in [4.78, 5) is 25.5. The van der Waals surface area contributed by atoms with Gasteiger partial charge in [0.25, 0.3) is 7.82 Å². The van der Waals surface area contributed by atoms with Crippen molar-refractivity contribution in [3.8, 4) is 0 Å². The molecule has 0 aliphatic carbocycles. The van der Waals surface area contributed by atoms with Gasteiger partial charge in [0.15, 0.2) is 0 Å². The highest BCUT2D eigenvalue weighted by atomic mass is 31.2. The summed E-state index contributed by atoms with van der Waals surface area (Å²) in [6.07, 6.45) is 73.0. The van der Waals surface area contributed by atoms with Gasteiger partial charge in [-0.2, -0.15) is 0 Å². The molecule has 8 nitrogen and oxygen atoms in total. The second-order valence-corrected chi connectivity index (χ2v) is 20.9. The molecule has 396 valence electrons. The molecule has 0 saturated carbocycles. The normalized spacial score (nSPS) is 14.8. The number of carbonyl (C=O) groups excluding carboxylic acids is 1. The maximum absolute atomic E-state index is 12.9. The van der Waals surface area contributed by atoms with E-state index in [1.807, 2.05) is 27.2 Å². The van der Waals surface area contributed by atoms with E-state index in [-0.39, 0.29) is 12.5 Å². The number of nitrogens with zero attached hydrogens (tertiary/aromatic N) is 1. The van der Waals surface area contributed by atoms with E-state index < -0.39 is 26.6 Å². The topological polar surface area (TPSA) is 108 Å². The minimum absolute atomic E-state index is 0.0183. The Bertz CT molecular complexity index is 1490. The molecule has 0 spiro atoms. The molecule has 0 heterocycles. The Morgan fingerprint density at radius 2 is 0.899 bits per heavy atom. The highest BCUT2D eigenvalue weighted by Gasteiger charge is 2.23. The fourth-order valence-electron chi connectivity index (χ4n) is 7.36. The second kappa shape index (κ2) is 50.1. The molecule has 0 aromatic rings. The van der Waals surface area contributed by atoms with Crippen molar-refractivity contribution >= 4 is 13.7 Å². The molecule has 2 N–H and O–H groups in total. The van der Waals surface area contributed by atoms with E-state index in [2.05, 4.69) is 116 Å². The van der Waals surface area contributed by atoms with Crippen LogP contribution in [0.1, 0.15) is 213 Å². The Morgan fingerprint density at radius 3 is 1.35 bits per heavy atom. The molecule has 0 saturated heterocycles. The zero-order chi connectivity index (χ0) is 50.6. The van der Waals surface area contributed by atoms with Crippen LogP contribution in [0.5, 0.6) is 0 Å². The average Bonchev–Trinajstić information content (AvgIpc) is 3.31. The summed E-state index contributed by atoms with van der Waals surface area (Å²) in [5, 5.41) is 13.8. The van der Waals surface area contributed by atoms with E-state index in [0.29, 0.717) is 17.4 Å². The first-order chi connectivity index (χ1) is 33.5. The summed E-state index contributed by atoms with van der Waals surface area (Å²) in [6, 6.07) is -0.927. The van der Waals surface area contributed by atoms with Crippen LogP contribution in [0.4, 0.5) is 0 Å². The highest BCUT2D eigenvalue weighted by Crippen LogP contribution is 2.38. The van der Waals surface area contributed by atoms with E-state index >= 15 is 0 Å². The number of nitrogens with one attached hydrogen (secondary N) is 1. The molecule has 3 unspecified atom stereocenters. The smallest absolute Gasteiger partial charge is 0.268 e. The Balaban J connectivity index is 4.40. The van der Waals surface area contributed by atoms with Crippen LogP contribution < -0.4 is 10.2 Å². The van der Waals surface area contributed by atoms with Gasteiger partial charge in [0.2, 0.25) is 5.91 Å². The summed E-state index contributed by atoms with van der Waals surface area (Å²) in [5.41, 5.74) is 0. The number of rotatable bonds is 49. The van der Waals surface area contributed by atoms with Crippen molar-refractivity contribution in [2.24, 2.45) is 0 Å². The van der Waals surface area contributed by atoms with Gasteiger partial charge in [0.05, 0.1) is 39.9 Å². The monoisotopic (exact) mass is 981 g/mol. The summed E-state index contributed by atoms with van der Waals surface area (Å²) < 4.78 is 23.3. The molecule has 1 amide bonds. The van der Waals surface area contributed by atoms with Crippen molar-refractivity contribution in [1.82, 2.24) is 5.32 Å². The van der Waals surface area contributed by atoms with Gasteiger partial charge in [-0.15, -0.1) is 0 Å². The first-order valence-corrected chi connectivity index (χ1v) is 29.2. The fraction of sp³-hybridized carbons (Fsp3) is 0.683. The molecule has 0 aliphatic rings. The molecule has 0 radical (unpaired) electrons. The first kappa shape index (κ1) is 66.2. The summed E-state index contributed by atoms with van der Waals surface area (Å²) in [7, 11) is 1.21. The Hall–Kier alpha value is -2.84. The number of carbonyl (C=O) groups is 1. The van der Waals surface area contributed by atoms with E-state index in [1.165, 1.54) is 83.5 Å². The highest BCUT2D eigenvalue weighted by molar-refractivity contribution is 7.45. The third kappa shape index (κ3) is 52.8.